The van der Waals surface area contributed by atoms with Crippen LogP contribution in [0.2, 0.25) is 5.02 Å². The van der Waals surface area contributed by atoms with Crippen molar-refractivity contribution in [2.75, 3.05) is 11.9 Å². The molecule has 26 heavy (non-hydrogen) atoms. The summed E-state index contributed by atoms with van der Waals surface area (Å²) in [5.74, 6) is 0.259. The second-order valence-electron chi connectivity index (χ2n) is 5.48. The van der Waals surface area contributed by atoms with Crippen LogP contribution in [-0.4, -0.2) is 27.0 Å². The highest BCUT2D eigenvalue weighted by atomic mass is 35.5. The van der Waals surface area contributed by atoms with Crippen molar-refractivity contribution >= 4 is 33.2 Å². The summed E-state index contributed by atoms with van der Waals surface area (Å²) in [6.07, 6.45) is 0.301. The molecule has 0 spiro atoms. The van der Waals surface area contributed by atoms with E-state index < -0.39 is 22.0 Å². The second kappa shape index (κ2) is 9.02. The predicted molar refractivity (Wildman–Crippen MR) is 102 cm³/mol. The Balaban J connectivity index is 2.07. The van der Waals surface area contributed by atoms with Crippen molar-refractivity contribution in [2.24, 2.45) is 0 Å². The molecule has 0 saturated carbocycles. The lowest BCUT2D eigenvalue weighted by molar-refractivity contribution is -0.117. The van der Waals surface area contributed by atoms with E-state index in [1.54, 1.807) is 31.2 Å². The molecule has 2 aromatic carbocycles. The fourth-order valence-corrected chi connectivity index (χ4v) is 3.63. The van der Waals surface area contributed by atoms with E-state index in [4.69, 9.17) is 16.3 Å². The van der Waals surface area contributed by atoms with E-state index in [0.717, 1.165) is 0 Å². The molecule has 0 heterocycles. The second-order valence-corrected chi connectivity index (χ2v) is 7.63. The Morgan fingerprint density at radius 3 is 2.23 bits per heavy atom. The summed E-state index contributed by atoms with van der Waals surface area (Å²) in [7, 11) is -3.83. The molecule has 6 nitrogen and oxygen atoms in total. The zero-order valence-electron chi connectivity index (χ0n) is 14.5. The lowest BCUT2D eigenvalue weighted by Gasteiger charge is -2.17. The van der Waals surface area contributed by atoms with Gasteiger partial charge in [-0.3, -0.25) is 4.79 Å². The normalized spacial score (nSPS) is 12.4. The minimum absolute atomic E-state index is 0.0502. The first-order valence-corrected chi connectivity index (χ1v) is 10.0. The molecule has 0 aliphatic heterocycles. The number of halogens is 1. The molecule has 1 amide bonds. The quantitative estimate of drug-likeness (QED) is 0.715. The van der Waals surface area contributed by atoms with Gasteiger partial charge in [-0.05, 0) is 61.9 Å². The van der Waals surface area contributed by atoms with Crippen molar-refractivity contribution in [1.29, 1.82) is 0 Å². The Hall–Kier alpha value is -2.09. The van der Waals surface area contributed by atoms with Gasteiger partial charge in [0.25, 0.3) is 0 Å². The Bertz CT molecular complexity index is 836. The van der Waals surface area contributed by atoms with Gasteiger partial charge < -0.3 is 10.1 Å². The van der Waals surface area contributed by atoms with Gasteiger partial charge >= 0.3 is 0 Å². The lowest BCUT2D eigenvalue weighted by atomic mass is 10.2. The molecular formula is C18H21ClN2O4S. The van der Waals surface area contributed by atoms with Crippen molar-refractivity contribution in [2.45, 2.75) is 31.2 Å². The van der Waals surface area contributed by atoms with Crippen LogP contribution in [0.4, 0.5) is 5.69 Å². The minimum atomic E-state index is -3.83. The number of sulfonamides is 1. The topological polar surface area (TPSA) is 84.5 Å². The SMILES string of the molecule is CCOc1ccc(NC(=O)C(CC)NS(=O)(=O)c2ccc(Cl)cc2)cc1. The molecule has 0 fully saturated rings. The van der Waals surface area contributed by atoms with Crippen LogP contribution in [0.1, 0.15) is 20.3 Å². The average molecular weight is 397 g/mol. The number of benzene rings is 2. The molecular weight excluding hydrogens is 376 g/mol. The van der Waals surface area contributed by atoms with Gasteiger partial charge in [0.2, 0.25) is 15.9 Å². The number of carbonyl (C=O) groups is 1. The fourth-order valence-electron chi connectivity index (χ4n) is 2.22. The van der Waals surface area contributed by atoms with Crippen molar-refractivity contribution in [3.63, 3.8) is 0 Å². The van der Waals surface area contributed by atoms with E-state index in [0.29, 0.717) is 29.5 Å². The molecule has 2 N–H and O–H groups in total. The van der Waals surface area contributed by atoms with E-state index in [-0.39, 0.29) is 4.90 Å². The summed E-state index contributed by atoms with van der Waals surface area (Å²) in [5.41, 5.74) is 0.558. The molecule has 0 aromatic heterocycles. The van der Waals surface area contributed by atoms with Gasteiger partial charge in [-0.1, -0.05) is 18.5 Å². The third kappa shape index (κ3) is 5.45. The van der Waals surface area contributed by atoms with Crippen LogP contribution in [0, 0.1) is 0 Å². The maximum atomic E-state index is 12.4. The Kier molecular flexibility index (Phi) is 7.02. The van der Waals surface area contributed by atoms with E-state index in [1.165, 1.54) is 24.3 Å². The molecule has 0 aliphatic carbocycles. The number of hydrogen-bond acceptors (Lipinski definition) is 4. The predicted octanol–water partition coefficient (Wildman–Crippen LogP) is 3.43. The third-order valence-corrected chi connectivity index (χ3v) is 5.32. The van der Waals surface area contributed by atoms with Crippen molar-refractivity contribution in [1.82, 2.24) is 4.72 Å². The van der Waals surface area contributed by atoms with E-state index >= 15 is 0 Å². The van der Waals surface area contributed by atoms with Crippen molar-refractivity contribution in [3.8, 4) is 5.75 Å². The zero-order valence-corrected chi connectivity index (χ0v) is 16.1. The van der Waals surface area contributed by atoms with Crippen LogP contribution in [-0.2, 0) is 14.8 Å². The summed E-state index contributed by atoms with van der Waals surface area (Å²) in [6.45, 7) is 4.16. The first-order chi connectivity index (χ1) is 12.4. The Labute approximate surface area is 158 Å². The maximum absolute atomic E-state index is 12.4. The van der Waals surface area contributed by atoms with Gasteiger partial charge in [0.15, 0.2) is 0 Å². The number of nitrogens with one attached hydrogen (secondary N) is 2. The van der Waals surface area contributed by atoms with E-state index in [1.807, 2.05) is 6.92 Å². The first kappa shape index (κ1) is 20.2. The highest BCUT2D eigenvalue weighted by molar-refractivity contribution is 7.89. The minimum Gasteiger partial charge on any atom is -0.494 e. The van der Waals surface area contributed by atoms with Crippen LogP contribution in [0.15, 0.2) is 53.4 Å². The number of rotatable bonds is 8. The van der Waals surface area contributed by atoms with E-state index in [2.05, 4.69) is 10.0 Å². The van der Waals surface area contributed by atoms with Gasteiger partial charge in [0, 0.05) is 10.7 Å². The van der Waals surface area contributed by atoms with Crippen LogP contribution < -0.4 is 14.8 Å². The lowest BCUT2D eigenvalue weighted by Crippen LogP contribution is -2.43. The molecule has 0 saturated heterocycles. The molecule has 2 aromatic rings. The number of carbonyl (C=O) groups excluding carboxylic acids is 1. The molecule has 0 radical (unpaired) electrons. The standard InChI is InChI=1S/C18H21ClN2O4S/c1-3-17(21-26(23,24)16-11-5-13(19)6-12-16)18(22)20-14-7-9-15(10-8-14)25-4-2/h5-12,17,21H,3-4H2,1-2H3,(H,20,22). The summed E-state index contributed by atoms with van der Waals surface area (Å²) >= 11 is 5.78. The number of hydrogen-bond donors (Lipinski definition) is 2. The number of anilines is 1. The highest BCUT2D eigenvalue weighted by Gasteiger charge is 2.24. The van der Waals surface area contributed by atoms with E-state index in [9.17, 15) is 13.2 Å². The van der Waals surface area contributed by atoms with Gasteiger partial charge in [0.1, 0.15) is 11.8 Å². The molecule has 1 unspecified atom stereocenters. The largest absolute Gasteiger partial charge is 0.494 e. The van der Waals surface area contributed by atoms with Crippen molar-refractivity contribution < 1.29 is 17.9 Å². The molecule has 8 heteroatoms. The zero-order chi connectivity index (χ0) is 19.2. The Morgan fingerprint density at radius 1 is 1.08 bits per heavy atom. The maximum Gasteiger partial charge on any atom is 0.242 e. The van der Waals surface area contributed by atoms with Crippen LogP contribution in [0.3, 0.4) is 0 Å². The summed E-state index contributed by atoms with van der Waals surface area (Å²) in [5, 5.41) is 3.14. The fraction of sp³-hybridized carbons (Fsp3) is 0.278. The van der Waals surface area contributed by atoms with Gasteiger partial charge in [0.05, 0.1) is 11.5 Å². The average Bonchev–Trinajstić information content (AvgIpc) is 2.62. The van der Waals surface area contributed by atoms with Gasteiger partial charge in [-0.2, -0.15) is 4.72 Å². The monoisotopic (exact) mass is 396 g/mol. The van der Waals surface area contributed by atoms with Crippen LogP contribution >= 0.6 is 11.6 Å². The summed E-state index contributed by atoms with van der Waals surface area (Å²) < 4.78 is 32.6. The van der Waals surface area contributed by atoms with Crippen molar-refractivity contribution in [3.05, 3.63) is 53.6 Å². The molecule has 0 bridgehead atoms. The highest BCUT2D eigenvalue weighted by Crippen LogP contribution is 2.17. The summed E-state index contributed by atoms with van der Waals surface area (Å²) in [4.78, 5) is 12.5. The summed E-state index contributed by atoms with van der Waals surface area (Å²) in [6, 6.07) is 11.7. The van der Waals surface area contributed by atoms with Gasteiger partial charge in [-0.25, -0.2) is 8.42 Å². The number of ether oxygens (including phenoxy) is 1. The van der Waals surface area contributed by atoms with Crippen LogP contribution in [0.5, 0.6) is 5.75 Å². The first-order valence-electron chi connectivity index (χ1n) is 8.17. The van der Waals surface area contributed by atoms with Gasteiger partial charge in [-0.15, -0.1) is 0 Å². The third-order valence-electron chi connectivity index (χ3n) is 3.58. The molecule has 1 atom stereocenters. The molecule has 2 rings (SSSR count). The molecule has 140 valence electrons. The Morgan fingerprint density at radius 2 is 1.69 bits per heavy atom. The van der Waals surface area contributed by atoms with Crippen LogP contribution in [0.25, 0.3) is 0 Å². The smallest absolute Gasteiger partial charge is 0.242 e. The molecule has 0 aliphatic rings. The number of amides is 1.